The molecule has 0 saturated carbocycles. The largest absolute Gasteiger partial charge is 0.543 e. The molecular weight excluding hydrogens is 222 g/mol. The van der Waals surface area contributed by atoms with Gasteiger partial charge in [0.05, 0.1) is 18.3 Å². The summed E-state index contributed by atoms with van der Waals surface area (Å²) in [5.41, 5.74) is 0.775. The summed E-state index contributed by atoms with van der Waals surface area (Å²) < 4.78 is 10.6. The highest BCUT2D eigenvalue weighted by Crippen LogP contribution is 2.27. The van der Waals surface area contributed by atoms with Crippen LogP contribution in [0.2, 0.25) is 0 Å². The first-order chi connectivity index (χ1) is 8.24. The van der Waals surface area contributed by atoms with Crippen LogP contribution in [0.4, 0.5) is 0 Å². The van der Waals surface area contributed by atoms with Gasteiger partial charge < -0.3 is 24.4 Å². The number of H-pyrrole nitrogens is 1. The number of ether oxygens (including phenoxy) is 2. The molecule has 3 rings (SSSR count). The molecule has 2 heterocycles. The van der Waals surface area contributed by atoms with Crippen molar-refractivity contribution in [3.8, 4) is 5.75 Å². The monoisotopic (exact) mass is 232 g/mol. The van der Waals surface area contributed by atoms with E-state index in [1.54, 1.807) is 18.2 Å². The van der Waals surface area contributed by atoms with Crippen LogP contribution in [0.15, 0.2) is 24.3 Å². The Morgan fingerprint density at radius 2 is 2.41 bits per heavy atom. The van der Waals surface area contributed by atoms with Crippen molar-refractivity contribution in [1.29, 1.82) is 0 Å². The number of benzene rings is 1. The van der Waals surface area contributed by atoms with Crippen molar-refractivity contribution in [2.24, 2.45) is 0 Å². The van der Waals surface area contributed by atoms with Crippen molar-refractivity contribution in [1.82, 2.24) is 4.98 Å². The maximum Gasteiger partial charge on any atom is 0.128 e. The third-order valence-electron chi connectivity index (χ3n) is 2.67. The number of hydrogen-bond donors (Lipinski definition) is 1. The Kier molecular flexibility index (Phi) is 2.26. The van der Waals surface area contributed by atoms with Gasteiger partial charge in [0.1, 0.15) is 18.5 Å². The molecule has 0 bridgehead atoms. The Balaban J connectivity index is 1.95. The molecular formula is C12H10NO4-. The molecule has 1 aliphatic heterocycles. The summed E-state index contributed by atoms with van der Waals surface area (Å²) in [4.78, 5) is 13.5. The number of aromatic nitrogens is 1. The zero-order chi connectivity index (χ0) is 11.8. The van der Waals surface area contributed by atoms with E-state index in [1.165, 1.54) is 6.07 Å². The van der Waals surface area contributed by atoms with E-state index >= 15 is 0 Å². The molecule has 0 amide bonds. The number of rotatable bonds is 4. The van der Waals surface area contributed by atoms with Gasteiger partial charge in [0.15, 0.2) is 0 Å². The van der Waals surface area contributed by atoms with Crippen molar-refractivity contribution >= 4 is 16.9 Å². The van der Waals surface area contributed by atoms with E-state index in [-0.39, 0.29) is 11.8 Å². The lowest BCUT2D eigenvalue weighted by atomic mass is 10.2. The van der Waals surface area contributed by atoms with Crippen molar-refractivity contribution in [2.45, 2.75) is 6.10 Å². The van der Waals surface area contributed by atoms with Crippen molar-refractivity contribution in [2.75, 3.05) is 13.2 Å². The summed E-state index contributed by atoms with van der Waals surface area (Å²) in [6.07, 6.45) is 0.171. The second-order valence-electron chi connectivity index (χ2n) is 3.95. The van der Waals surface area contributed by atoms with E-state index in [9.17, 15) is 9.90 Å². The van der Waals surface area contributed by atoms with Crippen LogP contribution < -0.4 is 9.84 Å². The van der Waals surface area contributed by atoms with E-state index in [4.69, 9.17) is 9.47 Å². The highest BCUT2D eigenvalue weighted by atomic mass is 16.6. The van der Waals surface area contributed by atoms with Crippen LogP contribution in [0.5, 0.6) is 5.75 Å². The van der Waals surface area contributed by atoms with E-state index in [2.05, 4.69) is 4.98 Å². The van der Waals surface area contributed by atoms with Crippen LogP contribution in [0.1, 0.15) is 10.5 Å². The third kappa shape index (κ3) is 1.97. The van der Waals surface area contributed by atoms with Gasteiger partial charge >= 0.3 is 0 Å². The molecule has 1 unspecified atom stereocenters. The number of epoxide rings is 1. The molecule has 17 heavy (non-hydrogen) atoms. The Morgan fingerprint density at radius 1 is 1.59 bits per heavy atom. The lowest BCUT2D eigenvalue weighted by Gasteiger charge is -2.04. The normalized spacial score (nSPS) is 18.2. The molecule has 0 aliphatic carbocycles. The topological polar surface area (TPSA) is 77.7 Å². The first kappa shape index (κ1) is 10.2. The summed E-state index contributed by atoms with van der Waals surface area (Å²) >= 11 is 0. The van der Waals surface area contributed by atoms with Gasteiger partial charge in [-0.3, -0.25) is 0 Å². The number of aromatic amines is 1. The van der Waals surface area contributed by atoms with Crippen LogP contribution >= 0.6 is 0 Å². The van der Waals surface area contributed by atoms with Gasteiger partial charge in [-0.05, 0) is 18.2 Å². The van der Waals surface area contributed by atoms with Crippen LogP contribution in [-0.4, -0.2) is 30.3 Å². The van der Waals surface area contributed by atoms with Crippen LogP contribution in [-0.2, 0) is 4.74 Å². The number of nitrogens with one attached hydrogen (secondary N) is 1. The van der Waals surface area contributed by atoms with E-state index in [0.29, 0.717) is 12.4 Å². The van der Waals surface area contributed by atoms with Gasteiger partial charge in [-0.2, -0.15) is 0 Å². The van der Waals surface area contributed by atoms with Gasteiger partial charge in [0.25, 0.3) is 0 Å². The minimum atomic E-state index is -1.22. The van der Waals surface area contributed by atoms with Gasteiger partial charge in [-0.15, -0.1) is 0 Å². The molecule has 88 valence electrons. The van der Waals surface area contributed by atoms with Crippen molar-refractivity contribution < 1.29 is 19.4 Å². The smallest absolute Gasteiger partial charge is 0.128 e. The zero-order valence-electron chi connectivity index (χ0n) is 8.93. The fourth-order valence-electron chi connectivity index (χ4n) is 1.71. The van der Waals surface area contributed by atoms with Crippen LogP contribution in [0.3, 0.4) is 0 Å². The number of hydrogen-bond acceptors (Lipinski definition) is 4. The highest BCUT2D eigenvalue weighted by Gasteiger charge is 2.23. The molecule has 1 aromatic heterocycles. The number of fused-ring (bicyclic) bond motifs is 1. The average molecular weight is 232 g/mol. The molecule has 1 saturated heterocycles. The summed E-state index contributed by atoms with van der Waals surface area (Å²) in [6.45, 7) is 1.22. The molecule has 1 fully saturated rings. The molecule has 0 radical (unpaired) electrons. The lowest BCUT2D eigenvalue weighted by molar-refractivity contribution is -0.255. The molecule has 1 aromatic carbocycles. The fraction of sp³-hybridized carbons (Fsp3) is 0.250. The Hall–Kier alpha value is -2.01. The fourth-order valence-corrected chi connectivity index (χ4v) is 1.71. The number of carboxylic acid groups (broad SMARTS) is 1. The molecule has 1 N–H and O–H groups in total. The van der Waals surface area contributed by atoms with E-state index < -0.39 is 5.97 Å². The minimum Gasteiger partial charge on any atom is -0.543 e. The van der Waals surface area contributed by atoms with Gasteiger partial charge in [0, 0.05) is 10.9 Å². The molecule has 5 heteroatoms. The first-order valence-corrected chi connectivity index (χ1v) is 5.31. The number of carboxylic acids is 1. The second-order valence-corrected chi connectivity index (χ2v) is 3.95. The van der Waals surface area contributed by atoms with Gasteiger partial charge in [0.2, 0.25) is 0 Å². The molecule has 1 aliphatic rings. The van der Waals surface area contributed by atoms with Gasteiger partial charge in [-0.1, -0.05) is 6.07 Å². The summed E-state index contributed by atoms with van der Waals surface area (Å²) in [7, 11) is 0. The minimum absolute atomic E-state index is 0.0544. The SMILES string of the molecule is O=C([O-])c1cc2c(OCC3CO3)cccc2[nH]1. The summed E-state index contributed by atoms with van der Waals surface area (Å²) in [5, 5.41) is 11.5. The lowest BCUT2D eigenvalue weighted by Crippen LogP contribution is -2.22. The predicted molar refractivity (Wildman–Crippen MR) is 57.9 cm³/mol. The quantitative estimate of drug-likeness (QED) is 0.769. The standard InChI is InChI=1S/C12H11NO4/c14-12(15)10-4-8-9(13-10)2-1-3-11(8)17-6-7-5-16-7/h1-4,7,13H,5-6H2,(H,14,15)/p-1. The Bertz CT molecular complexity index is 571. The van der Waals surface area contributed by atoms with Crippen LogP contribution in [0, 0.1) is 0 Å². The third-order valence-corrected chi connectivity index (χ3v) is 2.67. The zero-order valence-corrected chi connectivity index (χ0v) is 8.93. The van der Waals surface area contributed by atoms with Crippen LogP contribution in [0.25, 0.3) is 10.9 Å². The second kappa shape index (κ2) is 3.78. The molecule has 2 aromatic rings. The first-order valence-electron chi connectivity index (χ1n) is 5.31. The number of carbonyl (C=O) groups excluding carboxylic acids is 1. The summed E-state index contributed by atoms with van der Waals surface area (Å²) in [5.74, 6) is -0.570. The Labute approximate surface area is 97.0 Å². The number of aromatic carboxylic acids is 1. The maximum absolute atomic E-state index is 10.8. The highest BCUT2D eigenvalue weighted by molar-refractivity contribution is 5.95. The predicted octanol–water partition coefficient (Wildman–Crippen LogP) is 0.309. The van der Waals surface area contributed by atoms with E-state index in [0.717, 1.165) is 17.5 Å². The van der Waals surface area contributed by atoms with Crippen molar-refractivity contribution in [3.05, 3.63) is 30.0 Å². The molecule has 5 nitrogen and oxygen atoms in total. The maximum atomic E-state index is 10.8. The molecule has 0 spiro atoms. The average Bonchev–Trinajstić information content (AvgIpc) is 3.02. The molecule has 1 atom stereocenters. The van der Waals surface area contributed by atoms with Crippen molar-refractivity contribution in [3.63, 3.8) is 0 Å². The summed E-state index contributed by atoms with van der Waals surface area (Å²) in [6, 6.07) is 6.93. The Morgan fingerprint density at radius 3 is 3.12 bits per heavy atom. The van der Waals surface area contributed by atoms with Gasteiger partial charge in [-0.25, -0.2) is 0 Å². The van der Waals surface area contributed by atoms with E-state index in [1.807, 2.05) is 0 Å². The number of carbonyl (C=O) groups is 1.